The molecule has 0 fully saturated rings. The molecule has 0 aromatic heterocycles. The van der Waals surface area contributed by atoms with Gasteiger partial charge in [-0.25, -0.2) is 0 Å². The summed E-state index contributed by atoms with van der Waals surface area (Å²) in [7, 11) is 3.48. The maximum atomic E-state index is 12.9. The molecule has 1 atom stereocenters. The maximum absolute atomic E-state index is 12.9. The molecule has 2 aromatic carbocycles. The molecular formula is C25H34N2O2. The number of rotatable bonds is 8. The Bertz CT molecular complexity index is 808. The second-order valence-electron chi connectivity index (χ2n) is 8.23. The quantitative estimate of drug-likeness (QED) is 0.628. The third kappa shape index (κ3) is 6.18. The Balaban J connectivity index is 2.00. The number of hydrogen-bond acceptors (Lipinski definition) is 2. The van der Waals surface area contributed by atoms with Gasteiger partial charge in [-0.1, -0.05) is 57.2 Å². The first-order valence-corrected chi connectivity index (χ1v) is 10.4. The number of carbonyl (C=O) groups is 2. The zero-order chi connectivity index (χ0) is 21.6. The average Bonchev–Trinajstić information content (AvgIpc) is 2.71. The summed E-state index contributed by atoms with van der Waals surface area (Å²) in [5.41, 5.74) is 4.21. The number of hydrogen-bond donors (Lipinski definition) is 0. The normalized spacial score (nSPS) is 12.0. The molecule has 0 aliphatic carbocycles. The second kappa shape index (κ2) is 10.2. The molecular weight excluding hydrogens is 360 g/mol. The van der Waals surface area contributed by atoms with Gasteiger partial charge in [0.15, 0.2) is 0 Å². The summed E-state index contributed by atoms with van der Waals surface area (Å²) in [5, 5.41) is 0. The molecule has 0 heterocycles. The second-order valence-corrected chi connectivity index (χ2v) is 8.23. The fraction of sp³-hybridized carbons (Fsp3) is 0.440. The molecule has 2 rings (SSSR count). The van der Waals surface area contributed by atoms with Gasteiger partial charge in [-0.3, -0.25) is 9.59 Å². The predicted octanol–water partition coefficient (Wildman–Crippen LogP) is 5.05. The summed E-state index contributed by atoms with van der Waals surface area (Å²) < 4.78 is 0. The van der Waals surface area contributed by atoms with Gasteiger partial charge >= 0.3 is 0 Å². The first kappa shape index (κ1) is 22.7. The first-order chi connectivity index (χ1) is 13.7. The van der Waals surface area contributed by atoms with Crippen molar-refractivity contribution in [3.63, 3.8) is 0 Å². The molecule has 2 amide bonds. The summed E-state index contributed by atoms with van der Waals surface area (Å²) in [6.45, 7) is 9.71. The Morgan fingerprint density at radius 2 is 1.41 bits per heavy atom. The van der Waals surface area contributed by atoms with Crippen LogP contribution in [0, 0.1) is 0 Å². The monoisotopic (exact) mass is 394 g/mol. The van der Waals surface area contributed by atoms with Crippen molar-refractivity contribution in [2.24, 2.45) is 0 Å². The van der Waals surface area contributed by atoms with Crippen molar-refractivity contribution in [2.75, 3.05) is 20.6 Å². The number of nitrogens with zero attached hydrogens (tertiary/aromatic N) is 2. The van der Waals surface area contributed by atoms with Crippen molar-refractivity contribution in [1.29, 1.82) is 0 Å². The van der Waals surface area contributed by atoms with Gasteiger partial charge in [0.1, 0.15) is 0 Å². The molecule has 0 spiro atoms. The van der Waals surface area contributed by atoms with Crippen LogP contribution in [0.15, 0.2) is 48.5 Å². The molecule has 156 valence electrons. The average molecular weight is 395 g/mol. The van der Waals surface area contributed by atoms with E-state index in [0.29, 0.717) is 31.0 Å². The van der Waals surface area contributed by atoms with Crippen LogP contribution in [-0.4, -0.2) is 42.3 Å². The molecule has 0 aliphatic heterocycles. The van der Waals surface area contributed by atoms with Crippen LogP contribution in [0.25, 0.3) is 0 Å². The zero-order valence-corrected chi connectivity index (χ0v) is 18.6. The summed E-state index contributed by atoms with van der Waals surface area (Å²) in [5.74, 6) is 0.826. The van der Waals surface area contributed by atoms with Crippen molar-refractivity contribution in [3.05, 3.63) is 70.8 Å². The van der Waals surface area contributed by atoms with Crippen LogP contribution in [0.4, 0.5) is 0 Å². The van der Waals surface area contributed by atoms with Crippen molar-refractivity contribution in [3.8, 4) is 0 Å². The summed E-state index contributed by atoms with van der Waals surface area (Å²) in [6.07, 6.45) is 0.492. The lowest BCUT2D eigenvalue weighted by atomic mass is 9.94. The van der Waals surface area contributed by atoms with Crippen LogP contribution >= 0.6 is 0 Å². The van der Waals surface area contributed by atoms with E-state index in [1.807, 2.05) is 36.1 Å². The van der Waals surface area contributed by atoms with E-state index in [2.05, 4.69) is 45.0 Å². The lowest BCUT2D eigenvalue weighted by Crippen LogP contribution is -2.31. The van der Waals surface area contributed by atoms with Gasteiger partial charge in [-0.15, -0.1) is 0 Å². The van der Waals surface area contributed by atoms with E-state index < -0.39 is 0 Å². The van der Waals surface area contributed by atoms with Gasteiger partial charge in [0.05, 0.1) is 0 Å². The molecule has 0 aliphatic rings. The van der Waals surface area contributed by atoms with Gasteiger partial charge in [0.2, 0.25) is 5.91 Å². The number of amides is 2. The molecule has 4 nitrogen and oxygen atoms in total. The summed E-state index contributed by atoms with van der Waals surface area (Å²) in [4.78, 5) is 28.3. The number of benzene rings is 2. The summed E-state index contributed by atoms with van der Waals surface area (Å²) in [6, 6.07) is 16.1. The van der Waals surface area contributed by atoms with Crippen molar-refractivity contribution in [1.82, 2.24) is 9.80 Å². The molecule has 0 N–H and O–H groups in total. The minimum absolute atomic E-state index is 0.0164. The Kier molecular flexibility index (Phi) is 8.00. The van der Waals surface area contributed by atoms with Gasteiger partial charge in [-0.05, 0) is 47.6 Å². The van der Waals surface area contributed by atoms with Crippen LogP contribution in [0.1, 0.15) is 73.0 Å². The summed E-state index contributed by atoms with van der Waals surface area (Å²) >= 11 is 0. The van der Waals surface area contributed by atoms with E-state index in [4.69, 9.17) is 0 Å². The third-order valence-corrected chi connectivity index (χ3v) is 5.37. The van der Waals surface area contributed by atoms with E-state index in [1.165, 1.54) is 11.1 Å². The largest absolute Gasteiger partial charge is 0.345 e. The fourth-order valence-electron chi connectivity index (χ4n) is 3.33. The van der Waals surface area contributed by atoms with Gasteiger partial charge < -0.3 is 9.80 Å². The standard InChI is InChI=1S/C25H34N2O2/c1-7-27(17-20-8-10-23(11-9-20)25(29)26(5)6)24(28)16-19(4)22-14-12-21(13-15-22)18(2)3/h8-15,18-19H,7,16-17H2,1-6H3. The topological polar surface area (TPSA) is 40.6 Å². The lowest BCUT2D eigenvalue weighted by Gasteiger charge is -2.23. The van der Waals surface area contributed by atoms with Crippen LogP contribution in [0.5, 0.6) is 0 Å². The molecule has 0 radical (unpaired) electrons. The Hall–Kier alpha value is -2.62. The highest BCUT2D eigenvalue weighted by molar-refractivity contribution is 5.93. The highest BCUT2D eigenvalue weighted by atomic mass is 16.2. The molecule has 0 saturated heterocycles. The van der Waals surface area contributed by atoms with Crippen LogP contribution in [-0.2, 0) is 11.3 Å². The van der Waals surface area contributed by atoms with Gasteiger partial charge in [0, 0.05) is 39.2 Å². The molecule has 1 unspecified atom stereocenters. The maximum Gasteiger partial charge on any atom is 0.253 e. The Morgan fingerprint density at radius 1 is 0.862 bits per heavy atom. The van der Waals surface area contributed by atoms with Crippen LogP contribution in [0.3, 0.4) is 0 Å². The molecule has 29 heavy (non-hydrogen) atoms. The molecule has 4 heteroatoms. The van der Waals surface area contributed by atoms with Gasteiger partial charge in [0.25, 0.3) is 5.91 Å². The Morgan fingerprint density at radius 3 is 1.90 bits per heavy atom. The predicted molar refractivity (Wildman–Crippen MR) is 119 cm³/mol. The molecule has 0 bridgehead atoms. The molecule has 2 aromatic rings. The highest BCUT2D eigenvalue weighted by Crippen LogP contribution is 2.23. The van der Waals surface area contributed by atoms with E-state index in [1.54, 1.807) is 19.0 Å². The van der Waals surface area contributed by atoms with E-state index >= 15 is 0 Å². The zero-order valence-electron chi connectivity index (χ0n) is 18.6. The van der Waals surface area contributed by atoms with Crippen LogP contribution < -0.4 is 0 Å². The number of carbonyl (C=O) groups excluding carboxylic acids is 2. The van der Waals surface area contributed by atoms with E-state index in [9.17, 15) is 9.59 Å². The third-order valence-electron chi connectivity index (χ3n) is 5.37. The van der Waals surface area contributed by atoms with E-state index in [-0.39, 0.29) is 17.7 Å². The highest BCUT2D eigenvalue weighted by Gasteiger charge is 2.17. The smallest absolute Gasteiger partial charge is 0.253 e. The van der Waals surface area contributed by atoms with Crippen LogP contribution in [0.2, 0.25) is 0 Å². The first-order valence-electron chi connectivity index (χ1n) is 10.4. The minimum atomic E-state index is -0.0164. The van der Waals surface area contributed by atoms with Crippen molar-refractivity contribution >= 4 is 11.8 Å². The van der Waals surface area contributed by atoms with E-state index in [0.717, 1.165) is 5.56 Å². The Labute approximate surface area is 175 Å². The van der Waals surface area contributed by atoms with Gasteiger partial charge in [-0.2, -0.15) is 0 Å². The SMILES string of the molecule is CCN(Cc1ccc(C(=O)N(C)C)cc1)C(=O)CC(C)c1ccc(C(C)C)cc1. The molecule has 0 saturated carbocycles. The van der Waals surface area contributed by atoms with Crippen molar-refractivity contribution < 1.29 is 9.59 Å². The van der Waals surface area contributed by atoms with Crippen molar-refractivity contribution in [2.45, 2.75) is 52.5 Å². The minimum Gasteiger partial charge on any atom is -0.345 e. The lowest BCUT2D eigenvalue weighted by molar-refractivity contribution is -0.131. The fourth-order valence-corrected chi connectivity index (χ4v) is 3.33.